The van der Waals surface area contributed by atoms with Gasteiger partial charge in [-0.15, -0.1) is 0 Å². The maximum atomic E-state index is 13.7. The molecule has 1 aromatic carbocycles. The summed E-state index contributed by atoms with van der Waals surface area (Å²) < 4.78 is 38.6. The topological polar surface area (TPSA) is 86.9 Å². The Labute approximate surface area is 203 Å². The second-order valence-electron chi connectivity index (χ2n) is 8.53. The van der Waals surface area contributed by atoms with Crippen molar-refractivity contribution in [3.63, 3.8) is 0 Å². The molecule has 0 spiro atoms. The number of alkyl halides is 2. The number of halogens is 2. The number of hydrazine groups is 1. The first-order valence-corrected chi connectivity index (χ1v) is 11.7. The van der Waals surface area contributed by atoms with Gasteiger partial charge in [0.15, 0.2) is 0 Å². The predicted octanol–water partition coefficient (Wildman–Crippen LogP) is 2.99. The second-order valence-corrected chi connectivity index (χ2v) is 8.53. The molecule has 1 aromatic rings. The molecule has 4 rings (SSSR count). The van der Waals surface area contributed by atoms with Crippen molar-refractivity contribution in [2.75, 3.05) is 44.8 Å². The van der Waals surface area contributed by atoms with E-state index in [-0.39, 0.29) is 17.8 Å². The lowest BCUT2D eigenvalue weighted by atomic mass is 10.0. The maximum Gasteiger partial charge on any atom is 0.284 e. The Morgan fingerprint density at radius 1 is 1.23 bits per heavy atom. The van der Waals surface area contributed by atoms with Gasteiger partial charge in [-0.2, -0.15) is 0 Å². The highest BCUT2D eigenvalue weighted by molar-refractivity contribution is 6.06. The molecule has 0 unspecified atom stereocenters. The zero-order chi connectivity index (χ0) is 25.0. The summed E-state index contributed by atoms with van der Waals surface area (Å²) in [5.74, 6) is -2.85. The molecule has 0 aromatic heterocycles. The van der Waals surface area contributed by atoms with Crippen LogP contribution in [0, 0.1) is 6.92 Å². The average Bonchev–Trinajstić information content (AvgIpc) is 2.86. The van der Waals surface area contributed by atoms with Crippen molar-refractivity contribution >= 4 is 17.3 Å². The second kappa shape index (κ2) is 10.4. The zero-order valence-electron chi connectivity index (χ0n) is 20.1. The van der Waals surface area contributed by atoms with E-state index in [9.17, 15) is 13.6 Å². The molecular formula is C25H31F2N5O3. The van der Waals surface area contributed by atoms with E-state index in [0.29, 0.717) is 31.4 Å². The average molecular weight is 488 g/mol. The van der Waals surface area contributed by atoms with E-state index in [4.69, 9.17) is 9.47 Å². The highest BCUT2D eigenvalue weighted by Crippen LogP contribution is 2.28. The van der Waals surface area contributed by atoms with Crippen LogP contribution >= 0.6 is 0 Å². The van der Waals surface area contributed by atoms with Crippen molar-refractivity contribution in [1.82, 2.24) is 21.1 Å². The van der Waals surface area contributed by atoms with Crippen LogP contribution in [0.1, 0.15) is 25.0 Å². The number of carbonyl (C=O) groups is 1. The normalized spacial score (nSPS) is 18.4. The lowest BCUT2D eigenvalue weighted by molar-refractivity contribution is -0.112. The number of hydrogen-bond donors (Lipinski definition) is 4. The zero-order valence-corrected chi connectivity index (χ0v) is 20.1. The highest BCUT2D eigenvalue weighted by atomic mass is 19.3. The Morgan fingerprint density at radius 3 is 2.71 bits per heavy atom. The number of aryl methyl sites for hydroxylation is 1. The van der Waals surface area contributed by atoms with E-state index in [0.717, 1.165) is 42.5 Å². The number of dihydropyridines is 1. The van der Waals surface area contributed by atoms with Crippen LogP contribution in [0.4, 0.5) is 14.5 Å². The van der Waals surface area contributed by atoms with Gasteiger partial charge in [-0.3, -0.25) is 15.6 Å². The minimum atomic E-state index is -3.05. The summed E-state index contributed by atoms with van der Waals surface area (Å²) in [6, 6.07) is 5.55. The Kier molecular flexibility index (Phi) is 7.30. The quantitative estimate of drug-likeness (QED) is 0.471. The van der Waals surface area contributed by atoms with Gasteiger partial charge in [-0.1, -0.05) is 12.1 Å². The van der Waals surface area contributed by atoms with Crippen molar-refractivity contribution in [3.05, 3.63) is 70.4 Å². The Bertz CT molecular complexity index is 1100. The molecule has 10 heteroatoms. The van der Waals surface area contributed by atoms with Gasteiger partial charge in [0.2, 0.25) is 5.88 Å². The Morgan fingerprint density at radius 2 is 2.00 bits per heavy atom. The number of amides is 1. The van der Waals surface area contributed by atoms with Gasteiger partial charge in [0.05, 0.1) is 31.2 Å². The maximum absolute atomic E-state index is 13.7. The number of nitrogens with one attached hydrogen (secondary N) is 4. The van der Waals surface area contributed by atoms with Crippen LogP contribution in [0.2, 0.25) is 0 Å². The van der Waals surface area contributed by atoms with Gasteiger partial charge in [0.1, 0.15) is 5.70 Å². The summed E-state index contributed by atoms with van der Waals surface area (Å²) in [6.45, 7) is 8.19. The van der Waals surface area contributed by atoms with Crippen molar-refractivity contribution in [2.45, 2.75) is 26.7 Å². The molecule has 1 amide bonds. The van der Waals surface area contributed by atoms with Crippen molar-refractivity contribution in [1.29, 1.82) is 0 Å². The summed E-state index contributed by atoms with van der Waals surface area (Å²) in [5, 5.41) is 5.45. The molecule has 188 valence electrons. The van der Waals surface area contributed by atoms with E-state index in [1.54, 1.807) is 12.1 Å². The van der Waals surface area contributed by atoms with Gasteiger partial charge in [0.25, 0.3) is 11.8 Å². The third-order valence-corrected chi connectivity index (χ3v) is 5.90. The monoisotopic (exact) mass is 487 g/mol. The molecule has 0 atom stereocenters. The van der Waals surface area contributed by atoms with Gasteiger partial charge in [0, 0.05) is 43.4 Å². The molecule has 0 saturated carbocycles. The van der Waals surface area contributed by atoms with Crippen LogP contribution in [0.15, 0.2) is 59.3 Å². The minimum Gasteiger partial charge on any atom is -0.477 e. The molecule has 4 N–H and O–H groups in total. The van der Waals surface area contributed by atoms with Crippen molar-refractivity contribution in [3.8, 4) is 0 Å². The number of anilines is 1. The largest absolute Gasteiger partial charge is 0.477 e. The predicted molar refractivity (Wildman–Crippen MR) is 130 cm³/mol. The molecule has 1 saturated heterocycles. The van der Waals surface area contributed by atoms with E-state index in [1.165, 1.54) is 6.08 Å². The van der Waals surface area contributed by atoms with E-state index in [2.05, 4.69) is 26.4 Å². The fourth-order valence-corrected chi connectivity index (χ4v) is 4.03. The lowest BCUT2D eigenvalue weighted by Gasteiger charge is -2.34. The molecule has 0 radical (unpaired) electrons. The summed E-state index contributed by atoms with van der Waals surface area (Å²) >= 11 is 0. The SMILES string of the molecule is CCOC1=C(N2CCOCC2)C=C(c2cc(NC(=O)C3=CCNC(C(C)(F)F)=C3)ccc2C)NN1. The molecule has 0 bridgehead atoms. The van der Waals surface area contributed by atoms with Crippen LogP contribution in [0.5, 0.6) is 0 Å². The fraction of sp³-hybridized carbons (Fsp3) is 0.400. The first-order valence-electron chi connectivity index (χ1n) is 11.7. The van der Waals surface area contributed by atoms with E-state index < -0.39 is 11.8 Å². The molecule has 1 fully saturated rings. The molecular weight excluding hydrogens is 456 g/mol. The smallest absolute Gasteiger partial charge is 0.284 e. The molecule has 3 heterocycles. The summed E-state index contributed by atoms with van der Waals surface area (Å²) in [5.41, 5.74) is 10.4. The van der Waals surface area contributed by atoms with Gasteiger partial charge < -0.3 is 25.0 Å². The lowest BCUT2D eigenvalue weighted by Crippen LogP contribution is -2.42. The van der Waals surface area contributed by atoms with E-state index >= 15 is 0 Å². The minimum absolute atomic E-state index is 0.165. The van der Waals surface area contributed by atoms with Crippen LogP contribution in [-0.4, -0.2) is 56.2 Å². The summed E-state index contributed by atoms with van der Waals surface area (Å²) in [6.07, 6.45) is 4.80. The van der Waals surface area contributed by atoms with E-state index in [1.807, 2.05) is 32.1 Å². The summed E-state index contributed by atoms with van der Waals surface area (Å²) in [7, 11) is 0. The Hall–Kier alpha value is -3.53. The molecule has 8 nitrogen and oxygen atoms in total. The number of nitrogens with zero attached hydrogens (tertiary/aromatic N) is 1. The van der Waals surface area contributed by atoms with Gasteiger partial charge in [-0.05, 0) is 43.7 Å². The number of carbonyl (C=O) groups excluding carboxylic acids is 1. The fourth-order valence-electron chi connectivity index (χ4n) is 4.03. The molecule has 0 aliphatic carbocycles. The third kappa shape index (κ3) is 5.76. The standard InChI is InChI=1S/C25H31F2N5O3/c1-4-35-24-21(32-9-11-34-12-10-32)15-20(30-31-24)19-14-18(6-5-16(19)2)29-23(33)17-7-8-28-22(13-17)25(3,26)27/h5-7,13-15,28,30-31H,4,8-12H2,1-3H3,(H,29,33). The molecule has 35 heavy (non-hydrogen) atoms. The van der Waals surface area contributed by atoms with Gasteiger partial charge in [-0.25, -0.2) is 8.78 Å². The van der Waals surface area contributed by atoms with Crippen molar-refractivity contribution < 1.29 is 23.0 Å². The summed E-state index contributed by atoms with van der Waals surface area (Å²) in [4.78, 5) is 15.0. The van der Waals surface area contributed by atoms with Gasteiger partial charge >= 0.3 is 0 Å². The number of benzene rings is 1. The molecule has 3 aliphatic rings. The number of rotatable bonds is 7. The third-order valence-electron chi connectivity index (χ3n) is 5.90. The Balaban J connectivity index is 1.58. The number of hydrogen-bond acceptors (Lipinski definition) is 7. The molecule has 3 aliphatic heterocycles. The number of ether oxygens (including phenoxy) is 2. The van der Waals surface area contributed by atoms with Crippen molar-refractivity contribution in [2.24, 2.45) is 0 Å². The van der Waals surface area contributed by atoms with Crippen LogP contribution in [0.25, 0.3) is 5.70 Å². The van der Waals surface area contributed by atoms with Crippen LogP contribution < -0.4 is 21.5 Å². The van der Waals surface area contributed by atoms with Crippen LogP contribution in [0.3, 0.4) is 0 Å². The number of morpholine rings is 1. The first kappa shape index (κ1) is 24.6. The van der Waals surface area contributed by atoms with Crippen LogP contribution in [-0.2, 0) is 14.3 Å². The first-order chi connectivity index (χ1) is 16.8. The highest BCUT2D eigenvalue weighted by Gasteiger charge is 2.30. The number of allylic oxidation sites excluding steroid dienone is 2.